The topological polar surface area (TPSA) is 92.3 Å². The average molecular weight is 326 g/mol. The maximum atomic E-state index is 12.3. The zero-order valence-electron chi connectivity index (χ0n) is 13.3. The molecule has 7 heteroatoms. The van der Waals surface area contributed by atoms with Crippen molar-refractivity contribution in [2.75, 3.05) is 17.3 Å². The average Bonchev–Trinajstić information content (AvgIpc) is 2.37. The van der Waals surface area contributed by atoms with Gasteiger partial charge in [0.05, 0.1) is 5.75 Å². The lowest BCUT2D eigenvalue weighted by Crippen LogP contribution is -2.44. The van der Waals surface area contributed by atoms with Gasteiger partial charge in [0, 0.05) is 18.9 Å². The van der Waals surface area contributed by atoms with Crippen LogP contribution in [0.25, 0.3) is 0 Å². The Balaban J connectivity index is 2.89. The number of anilines is 1. The summed E-state index contributed by atoms with van der Waals surface area (Å²) in [5, 5.41) is 5.27. The van der Waals surface area contributed by atoms with Gasteiger partial charge in [-0.15, -0.1) is 0 Å². The molecule has 0 aliphatic rings. The van der Waals surface area contributed by atoms with Crippen LogP contribution in [0.15, 0.2) is 18.2 Å². The highest BCUT2D eigenvalue weighted by Gasteiger charge is 2.22. The van der Waals surface area contributed by atoms with E-state index >= 15 is 0 Å². The number of sulfone groups is 1. The molecule has 2 N–H and O–H groups in total. The molecule has 0 saturated heterocycles. The Hall–Kier alpha value is -1.89. The molecule has 6 nitrogen and oxygen atoms in total. The molecule has 22 heavy (non-hydrogen) atoms. The molecule has 1 aromatic carbocycles. The van der Waals surface area contributed by atoms with Crippen LogP contribution >= 0.6 is 0 Å². The third kappa shape index (κ3) is 5.85. The van der Waals surface area contributed by atoms with E-state index in [-0.39, 0.29) is 18.1 Å². The van der Waals surface area contributed by atoms with E-state index in [0.29, 0.717) is 5.69 Å². The smallest absolute Gasteiger partial charge is 0.246 e. The van der Waals surface area contributed by atoms with Crippen molar-refractivity contribution in [3.8, 4) is 0 Å². The van der Waals surface area contributed by atoms with Crippen LogP contribution in [0.4, 0.5) is 5.69 Å². The molecule has 0 heterocycles. The molecule has 0 unspecified atom stereocenters. The predicted octanol–water partition coefficient (Wildman–Crippen LogP) is 1.18. The van der Waals surface area contributed by atoms with Gasteiger partial charge in [-0.25, -0.2) is 8.42 Å². The summed E-state index contributed by atoms with van der Waals surface area (Å²) in [5.41, 5.74) is 2.48. The van der Waals surface area contributed by atoms with Gasteiger partial charge >= 0.3 is 0 Å². The quantitative estimate of drug-likeness (QED) is 0.821. The molecule has 1 atom stereocenters. The van der Waals surface area contributed by atoms with Crippen molar-refractivity contribution < 1.29 is 18.0 Å². The maximum absolute atomic E-state index is 12.3. The molecule has 0 spiro atoms. The predicted molar refractivity (Wildman–Crippen MR) is 86.5 cm³/mol. The summed E-state index contributed by atoms with van der Waals surface area (Å²) in [6.45, 7) is 5.03. The van der Waals surface area contributed by atoms with Crippen molar-refractivity contribution in [2.45, 2.75) is 33.2 Å². The fraction of sp³-hybridized carbons (Fsp3) is 0.467. The van der Waals surface area contributed by atoms with Crippen LogP contribution in [0.1, 0.15) is 24.5 Å². The molecular weight excluding hydrogens is 304 g/mol. The molecule has 0 radical (unpaired) electrons. The molecular formula is C15H22N2O4S. The molecule has 0 bridgehead atoms. The SMILES string of the molecule is CC(=O)N[C@@H](CCS(C)(=O)=O)C(=O)Nc1c(C)cccc1C. The summed E-state index contributed by atoms with van der Waals surface area (Å²) in [6.07, 6.45) is 1.14. The van der Waals surface area contributed by atoms with Gasteiger partial charge in [0.2, 0.25) is 11.8 Å². The first-order valence-corrected chi connectivity index (χ1v) is 8.98. The number of carbonyl (C=O) groups is 2. The minimum atomic E-state index is -3.21. The van der Waals surface area contributed by atoms with Gasteiger partial charge < -0.3 is 10.6 Å². The number of rotatable bonds is 6. The lowest BCUT2D eigenvalue weighted by Gasteiger charge is -2.19. The monoisotopic (exact) mass is 326 g/mol. The van der Waals surface area contributed by atoms with E-state index in [0.717, 1.165) is 17.4 Å². The van der Waals surface area contributed by atoms with E-state index in [2.05, 4.69) is 10.6 Å². The second-order valence-electron chi connectivity index (χ2n) is 5.43. The molecule has 1 aromatic rings. The second-order valence-corrected chi connectivity index (χ2v) is 7.69. The largest absolute Gasteiger partial charge is 0.345 e. The van der Waals surface area contributed by atoms with Crippen molar-refractivity contribution in [3.63, 3.8) is 0 Å². The Morgan fingerprint density at radius 1 is 1.18 bits per heavy atom. The number of hydrogen-bond donors (Lipinski definition) is 2. The number of amides is 2. The summed E-state index contributed by atoms with van der Waals surface area (Å²) in [4.78, 5) is 23.6. The number of nitrogens with one attached hydrogen (secondary N) is 2. The molecule has 0 aromatic heterocycles. The zero-order valence-corrected chi connectivity index (χ0v) is 14.1. The molecule has 0 fully saturated rings. The number of para-hydroxylation sites is 1. The van der Waals surface area contributed by atoms with E-state index in [1.807, 2.05) is 32.0 Å². The first kappa shape index (κ1) is 18.2. The molecule has 1 rings (SSSR count). The number of carbonyl (C=O) groups excluding carboxylic acids is 2. The van der Waals surface area contributed by atoms with Crippen molar-refractivity contribution in [2.24, 2.45) is 0 Å². The van der Waals surface area contributed by atoms with Crippen molar-refractivity contribution in [3.05, 3.63) is 29.3 Å². The van der Waals surface area contributed by atoms with Crippen LogP contribution in [-0.2, 0) is 19.4 Å². The Labute approximate surface area is 131 Å². The summed E-state index contributed by atoms with van der Waals surface area (Å²) in [6, 6.07) is 4.74. The standard InChI is InChI=1S/C15H22N2O4S/c1-10-6-5-7-11(2)14(10)17-15(19)13(16-12(3)18)8-9-22(4,20)21/h5-7,13H,8-9H2,1-4H3,(H,16,18)(H,17,19)/t13-/m0/s1. The van der Waals surface area contributed by atoms with Gasteiger partial charge in [0.25, 0.3) is 0 Å². The van der Waals surface area contributed by atoms with Crippen LogP contribution in [-0.4, -0.2) is 38.3 Å². The van der Waals surface area contributed by atoms with E-state index in [9.17, 15) is 18.0 Å². The molecule has 0 aliphatic heterocycles. The van der Waals surface area contributed by atoms with Crippen molar-refractivity contribution >= 4 is 27.3 Å². The van der Waals surface area contributed by atoms with E-state index in [4.69, 9.17) is 0 Å². The number of aryl methyl sites for hydroxylation is 2. The first-order chi connectivity index (χ1) is 10.1. The summed E-state index contributed by atoms with van der Waals surface area (Å²) >= 11 is 0. The lowest BCUT2D eigenvalue weighted by molar-refractivity contribution is -0.125. The number of benzene rings is 1. The van der Waals surface area contributed by atoms with E-state index < -0.39 is 21.8 Å². The van der Waals surface area contributed by atoms with Gasteiger partial charge in [-0.2, -0.15) is 0 Å². The van der Waals surface area contributed by atoms with Crippen LogP contribution < -0.4 is 10.6 Å². The van der Waals surface area contributed by atoms with Crippen LogP contribution in [0.3, 0.4) is 0 Å². The van der Waals surface area contributed by atoms with E-state index in [1.165, 1.54) is 6.92 Å². The summed E-state index contributed by atoms with van der Waals surface area (Å²) in [7, 11) is -3.21. The van der Waals surface area contributed by atoms with Gasteiger partial charge in [-0.05, 0) is 31.4 Å². The van der Waals surface area contributed by atoms with Crippen LogP contribution in [0, 0.1) is 13.8 Å². The van der Waals surface area contributed by atoms with Crippen LogP contribution in [0.2, 0.25) is 0 Å². The van der Waals surface area contributed by atoms with Gasteiger partial charge in [-0.3, -0.25) is 9.59 Å². The highest BCUT2D eigenvalue weighted by atomic mass is 32.2. The molecule has 2 amide bonds. The Morgan fingerprint density at radius 3 is 2.18 bits per heavy atom. The second kappa shape index (κ2) is 7.40. The fourth-order valence-corrected chi connectivity index (χ4v) is 2.73. The third-order valence-electron chi connectivity index (χ3n) is 3.20. The summed E-state index contributed by atoms with van der Waals surface area (Å²) in [5.74, 6) is -0.968. The van der Waals surface area contributed by atoms with Crippen LogP contribution in [0.5, 0.6) is 0 Å². The summed E-state index contributed by atoms with van der Waals surface area (Å²) < 4.78 is 22.5. The Morgan fingerprint density at radius 2 is 1.73 bits per heavy atom. The molecule has 0 aliphatic carbocycles. The highest BCUT2D eigenvalue weighted by molar-refractivity contribution is 7.90. The lowest BCUT2D eigenvalue weighted by atomic mass is 10.1. The van der Waals surface area contributed by atoms with Gasteiger partial charge in [-0.1, -0.05) is 18.2 Å². The van der Waals surface area contributed by atoms with Crippen molar-refractivity contribution in [1.82, 2.24) is 5.32 Å². The Kier molecular flexibility index (Phi) is 6.11. The van der Waals surface area contributed by atoms with Crippen molar-refractivity contribution in [1.29, 1.82) is 0 Å². The zero-order chi connectivity index (χ0) is 16.9. The minimum absolute atomic E-state index is 0.0369. The maximum Gasteiger partial charge on any atom is 0.246 e. The third-order valence-corrected chi connectivity index (χ3v) is 4.18. The normalized spacial score (nSPS) is 12.5. The molecule has 0 saturated carbocycles. The number of hydrogen-bond acceptors (Lipinski definition) is 4. The highest BCUT2D eigenvalue weighted by Crippen LogP contribution is 2.19. The fourth-order valence-electron chi connectivity index (χ4n) is 2.07. The van der Waals surface area contributed by atoms with E-state index in [1.54, 1.807) is 0 Å². The first-order valence-electron chi connectivity index (χ1n) is 6.92. The minimum Gasteiger partial charge on any atom is -0.345 e. The van der Waals surface area contributed by atoms with Gasteiger partial charge in [0.15, 0.2) is 0 Å². The molecule has 122 valence electrons. The van der Waals surface area contributed by atoms with Gasteiger partial charge in [0.1, 0.15) is 15.9 Å². The Bertz CT molecular complexity index is 648.